The topological polar surface area (TPSA) is 47.3 Å². The van der Waals surface area contributed by atoms with Crippen molar-refractivity contribution in [2.24, 2.45) is 0 Å². The summed E-state index contributed by atoms with van der Waals surface area (Å²) in [5.41, 5.74) is 0.900. The smallest absolute Gasteiger partial charge is 0.0703 e. The molecule has 2 unspecified atom stereocenters. The van der Waals surface area contributed by atoms with Gasteiger partial charge < -0.3 is 9.84 Å². The largest absolute Gasteiger partial charge is 0.393 e. The maximum atomic E-state index is 10.2. The third-order valence-corrected chi connectivity index (χ3v) is 4.46. The Morgan fingerprint density at radius 1 is 1.53 bits per heavy atom. The van der Waals surface area contributed by atoms with E-state index < -0.39 is 0 Å². The highest BCUT2D eigenvalue weighted by Crippen LogP contribution is 2.39. The quantitative estimate of drug-likeness (QED) is 0.825. The molecule has 1 saturated carbocycles. The molecule has 4 heteroatoms. The summed E-state index contributed by atoms with van der Waals surface area (Å²) in [5, 5.41) is 14.7. The van der Waals surface area contributed by atoms with E-state index in [0.29, 0.717) is 12.5 Å². The molecule has 0 aromatic carbocycles. The second kappa shape index (κ2) is 6.06. The van der Waals surface area contributed by atoms with E-state index in [1.54, 1.807) is 7.11 Å². The Balaban J connectivity index is 1.88. The summed E-state index contributed by atoms with van der Waals surface area (Å²) in [5.74, 6) is 0. The van der Waals surface area contributed by atoms with Crippen molar-refractivity contribution in [3.63, 3.8) is 0 Å². The molecule has 1 fully saturated rings. The fourth-order valence-corrected chi connectivity index (χ4v) is 2.72. The summed E-state index contributed by atoms with van der Waals surface area (Å²) >= 11 is 0. The van der Waals surface area contributed by atoms with Crippen LogP contribution >= 0.6 is 0 Å². The Labute approximate surface area is 115 Å². The summed E-state index contributed by atoms with van der Waals surface area (Å²) < 4.78 is 7.54. The fraction of sp³-hybridized carbons (Fsp3) is 0.800. The Morgan fingerprint density at radius 2 is 2.26 bits per heavy atom. The molecule has 0 radical (unpaired) electrons. The molecule has 2 atom stereocenters. The highest BCUT2D eigenvalue weighted by molar-refractivity contribution is 5.03. The molecule has 0 amide bonds. The number of nitrogens with zero attached hydrogens (tertiary/aromatic N) is 2. The van der Waals surface area contributed by atoms with E-state index in [1.165, 1.54) is 6.42 Å². The molecule has 2 rings (SSSR count). The maximum absolute atomic E-state index is 10.2. The minimum atomic E-state index is -0.361. The lowest BCUT2D eigenvalue weighted by Crippen LogP contribution is -2.42. The summed E-state index contributed by atoms with van der Waals surface area (Å²) in [6.45, 7) is 4.31. The van der Waals surface area contributed by atoms with Crippen molar-refractivity contribution < 1.29 is 9.84 Å². The molecule has 4 nitrogen and oxygen atoms in total. The second-order valence-corrected chi connectivity index (χ2v) is 5.85. The van der Waals surface area contributed by atoms with Crippen molar-refractivity contribution in [3.05, 3.63) is 18.0 Å². The highest BCUT2D eigenvalue weighted by atomic mass is 16.5. The van der Waals surface area contributed by atoms with E-state index in [2.05, 4.69) is 18.9 Å². The molecule has 0 aliphatic heterocycles. The second-order valence-electron chi connectivity index (χ2n) is 5.85. The minimum Gasteiger partial charge on any atom is -0.393 e. The first-order chi connectivity index (χ1) is 9.08. The molecule has 1 aliphatic rings. The molecule has 0 bridgehead atoms. The Hall–Kier alpha value is -0.870. The first kappa shape index (κ1) is 14.5. The van der Waals surface area contributed by atoms with E-state index in [0.717, 1.165) is 31.4 Å². The van der Waals surface area contributed by atoms with Crippen LogP contribution < -0.4 is 0 Å². The van der Waals surface area contributed by atoms with Gasteiger partial charge in [-0.1, -0.05) is 6.92 Å². The molecule has 1 aromatic rings. The zero-order chi connectivity index (χ0) is 13.9. The van der Waals surface area contributed by atoms with Gasteiger partial charge in [0, 0.05) is 32.2 Å². The number of hydrogen-bond acceptors (Lipinski definition) is 3. The summed E-state index contributed by atoms with van der Waals surface area (Å²) in [7, 11) is 1.75. The Morgan fingerprint density at radius 3 is 2.79 bits per heavy atom. The van der Waals surface area contributed by atoms with Crippen LogP contribution in [0.2, 0.25) is 0 Å². The van der Waals surface area contributed by atoms with Crippen molar-refractivity contribution in [1.82, 2.24) is 9.78 Å². The zero-order valence-electron chi connectivity index (χ0n) is 12.3. The molecule has 0 saturated heterocycles. The van der Waals surface area contributed by atoms with Crippen LogP contribution in [0.25, 0.3) is 0 Å². The van der Waals surface area contributed by atoms with Gasteiger partial charge in [-0.15, -0.1) is 0 Å². The summed E-state index contributed by atoms with van der Waals surface area (Å²) in [6, 6.07) is 2.43. The number of methoxy groups -OCH3 is 1. The monoisotopic (exact) mass is 266 g/mol. The maximum Gasteiger partial charge on any atom is 0.0703 e. The molecule has 1 aliphatic carbocycles. The fourth-order valence-electron chi connectivity index (χ4n) is 2.72. The van der Waals surface area contributed by atoms with Gasteiger partial charge in [-0.05, 0) is 38.7 Å². The van der Waals surface area contributed by atoms with Gasteiger partial charge in [0.2, 0.25) is 0 Å². The van der Waals surface area contributed by atoms with Crippen LogP contribution in [0, 0.1) is 0 Å². The predicted molar refractivity (Wildman–Crippen MR) is 75.1 cm³/mol. The van der Waals surface area contributed by atoms with Gasteiger partial charge in [-0.2, -0.15) is 5.10 Å². The number of aromatic nitrogens is 2. The van der Waals surface area contributed by atoms with Crippen LogP contribution in [-0.4, -0.2) is 33.7 Å². The molecule has 0 spiro atoms. The van der Waals surface area contributed by atoms with Gasteiger partial charge in [0.05, 0.1) is 17.4 Å². The number of ether oxygens (including phenoxy) is 1. The van der Waals surface area contributed by atoms with Crippen LogP contribution in [0.1, 0.15) is 57.7 Å². The van der Waals surface area contributed by atoms with Crippen molar-refractivity contribution in [1.29, 1.82) is 0 Å². The average molecular weight is 266 g/mol. The van der Waals surface area contributed by atoms with Crippen LogP contribution in [-0.2, 0) is 11.2 Å². The Kier molecular flexibility index (Phi) is 4.63. The standard InChI is InChI=1S/C15H26N2O2/c1-4-12(2)17-9-6-13(16-17)10-14(18)11-15(19-3)7-5-8-15/h6,9,12,14,18H,4-5,7-8,10-11H2,1-3H3. The molecule has 1 heterocycles. The van der Waals surface area contributed by atoms with Gasteiger partial charge in [0.25, 0.3) is 0 Å². The average Bonchev–Trinajstić information content (AvgIpc) is 2.81. The normalized spacial score (nSPS) is 20.8. The molecular weight excluding hydrogens is 240 g/mol. The van der Waals surface area contributed by atoms with Gasteiger partial charge in [0.1, 0.15) is 0 Å². The van der Waals surface area contributed by atoms with E-state index in [1.807, 2.05) is 16.9 Å². The van der Waals surface area contributed by atoms with E-state index >= 15 is 0 Å². The lowest BCUT2D eigenvalue weighted by molar-refractivity contribution is -0.0990. The van der Waals surface area contributed by atoms with E-state index in [4.69, 9.17) is 4.74 Å². The number of aliphatic hydroxyl groups excluding tert-OH is 1. The third kappa shape index (κ3) is 3.37. The van der Waals surface area contributed by atoms with Gasteiger partial charge >= 0.3 is 0 Å². The lowest BCUT2D eigenvalue weighted by Gasteiger charge is -2.41. The van der Waals surface area contributed by atoms with Crippen molar-refractivity contribution >= 4 is 0 Å². The lowest BCUT2D eigenvalue weighted by atomic mass is 9.75. The van der Waals surface area contributed by atoms with Crippen molar-refractivity contribution in [2.45, 2.75) is 70.1 Å². The van der Waals surface area contributed by atoms with Gasteiger partial charge in [-0.25, -0.2) is 0 Å². The van der Waals surface area contributed by atoms with E-state index in [9.17, 15) is 5.11 Å². The number of rotatable bonds is 7. The highest BCUT2D eigenvalue weighted by Gasteiger charge is 2.38. The van der Waals surface area contributed by atoms with Gasteiger partial charge in [0.15, 0.2) is 0 Å². The van der Waals surface area contributed by atoms with Crippen LogP contribution in [0.3, 0.4) is 0 Å². The zero-order valence-corrected chi connectivity index (χ0v) is 12.3. The summed E-state index contributed by atoms with van der Waals surface area (Å²) in [6.07, 6.45) is 7.41. The number of hydrogen-bond donors (Lipinski definition) is 1. The van der Waals surface area contributed by atoms with Crippen molar-refractivity contribution in [2.75, 3.05) is 7.11 Å². The van der Waals surface area contributed by atoms with Gasteiger partial charge in [-0.3, -0.25) is 4.68 Å². The van der Waals surface area contributed by atoms with Crippen LogP contribution in [0.5, 0.6) is 0 Å². The molecule has 19 heavy (non-hydrogen) atoms. The SMILES string of the molecule is CCC(C)n1ccc(CC(O)CC2(OC)CCC2)n1. The van der Waals surface area contributed by atoms with Crippen molar-refractivity contribution in [3.8, 4) is 0 Å². The molecule has 1 N–H and O–H groups in total. The minimum absolute atomic E-state index is 0.0707. The van der Waals surface area contributed by atoms with Crippen LogP contribution in [0.4, 0.5) is 0 Å². The third-order valence-electron chi connectivity index (χ3n) is 4.46. The van der Waals surface area contributed by atoms with E-state index in [-0.39, 0.29) is 11.7 Å². The predicted octanol–water partition coefficient (Wildman–Crippen LogP) is 2.72. The molecule has 108 valence electrons. The molecular formula is C15H26N2O2. The first-order valence-corrected chi connectivity index (χ1v) is 7.36. The summed E-state index contributed by atoms with van der Waals surface area (Å²) in [4.78, 5) is 0. The van der Waals surface area contributed by atoms with Crippen LogP contribution in [0.15, 0.2) is 12.3 Å². The molecule has 1 aromatic heterocycles. The number of aliphatic hydroxyl groups is 1. The Bertz CT molecular complexity index is 393. The first-order valence-electron chi connectivity index (χ1n) is 7.36.